The minimum Gasteiger partial charge on any atom is -0.340 e. The van der Waals surface area contributed by atoms with Crippen molar-refractivity contribution in [3.05, 3.63) is 46.9 Å². The SMILES string of the molecule is CC(C)CC(NC(=O)c1ccsc1)C(=O)N1CCC2C1C(=O)CN2S(=O)(=O)c1cccnc1. The molecule has 11 heteroatoms. The Morgan fingerprint density at radius 3 is 2.73 bits per heavy atom. The lowest BCUT2D eigenvalue weighted by Crippen LogP contribution is -2.52. The van der Waals surface area contributed by atoms with E-state index in [0.717, 1.165) is 0 Å². The summed E-state index contributed by atoms with van der Waals surface area (Å²) in [6.07, 6.45) is 3.50. The fourth-order valence-electron chi connectivity index (χ4n) is 4.50. The third-order valence-electron chi connectivity index (χ3n) is 6.00. The zero-order valence-corrected chi connectivity index (χ0v) is 20.0. The Morgan fingerprint density at radius 2 is 2.09 bits per heavy atom. The summed E-state index contributed by atoms with van der Waals surface area (Å²) < 4.78 is 27.4. The van der Waals surface area contributed by atoms with Crippen LogP contribution in [0.1, 0.15) is 37.0 Å². The molecule has 2 fully saturated rings. The maximum atomic E-state index is 13.5. The van der Waals surface area contributed by atoms with E-state index < -0.39 is 28.1 Å². The Labute approximate surface area is 196 Å². The second kappa shape index (κ2) is 9.32. The Balaban J connectivity index is 1.55. The number of fused-ring (bicyclic) bond motifs is 1. The second-order valence-corrected chi connectivity index (χ2v) is 11.4. The van der Waals surface area contributed by atoms with Crippen molar-refractivity contribution in [2.24, 2.45) is 5.92 Å². The van der Waals surface area contributed by atoms with Gasteiger partial charge in [-0.3, -0.25) is 19.4 Å². The second-order valence-electron chi connectivity index (χ2n) is 8.71. The fourth-order valence-corrected chi connectivity index (χ4v) is 6.73. The number of nitrogens with one attached hydrogen (secondary N) is 1. The van der Waals surface area contributed by atoms with Gasteiger partial charge in [0.2, 0.25) is 15.9 Å². The summed E-state index contributed by atoms with van der Waals surface area (Å²) in [5.41, 5.74) is 0.478. The van der Waals surface area contributed by atoms with Crippen molar-refractivity contribution in [3.63, 3.8) is 0 Å². The number of hydrogen-bond acceptors (Lipinski definition) is 7. The van der Waals surface area contributed by atoms with E-state index in [-0.39, 0.29) is 41.5 Å². The van der Waals surface area contributed by atoms with Gasteiger partial charge in [-0.1, -0.05) is 13.8 Å². The predicted octanol–water partition coefficient (Wildman–Crippen LogP) is 1.53. The Morgan fingerprint density at radius 1 is 1.30 bits per heavy atom. The Bertz CT molecular complexity index is 1130. The van der Waals surface area contributed by atoms with Crippen molar-refractivity contribution in [2.75, 3.05) is 13.1 Å². The van der Waals surface area contributed by atoms with Crippen LogP contribution in [0.25, 0.3) is 0 Å². The van der Waals surface area contributed by atoms with Crippen molar-refractivity contribution < 1.29 is 22.8 Å². The number of ketones is 1. The lowest BCUT2D eigenvalue weighted by molar-refractivity contribution is -0.138. The minimum absolute atomic E-state index is 0.0175. The first kappa shape index (κ1) is 23.5. The van der Waals surface area contributed by atoms with Crippen LogP contribution in [0, 0.1) is 5.92 Å². The van der Waals surface area contributed by atoms with Gasteiger partial charge in [0.15, 0.2) is 5.78 Å². The molecule has 3 unspecified atom stereocenters. The number of nitrogens with zero attached hydrogens (tertiary/aromatic N) is 3. The van der Waals surface area contributed by atoms with E-state index in [0.29, 0.717) is 18.4 Å². The summed E-state index contributed by atoms with van der Waals surface area (Å²) in [4.78, 5) is 44.4. The molecule has 1 N–H and O–H groups in total. The topological polar surface area (TPSA) is 117 Å². The zero-order chi connectivity index (χ0) is 23.8. The van der Waals surface area contributed by atoms with E-state index in [9.17, 15) is 22.8 Å². The number of carbonyl (C=O) groups excluding carboxylic acids is 3. The largest absolute Gasteiger partial charge is 0.340 e. The Hall–Kier alpha value is -2.63. The fraction of sp³-hybridized carbons (Fsp3) is 0.455. The molecule has 2 aromatic heterocycles. The summed E-state index contributed by atoms with van der Waals surface area (Å²) >= 11 is 1.39. The molecule has 9 nitrogen and oxygen atoms in total. The number of thiophene rings is 1. The van der Waals surface area contributed by atoms with E-state index in [1.54, 1.807) is 16.8 Å². The number of likely N-dealkylation sites (tertiary alicyclic amines) is 1. The number of pyridine rings is 1. The first-order valence-corrected chi connectivity index (χ1v) is 13.2. The molecule has 0 saturated carbocycles. The summed E-state index contributed by atoms with van der Waals surface area (Å²) in [6, 6.07) is 2.38. The molecule has 2 saturated heterocycles. The van der Waals surface area contributed by atoms with E-state index in [2.05, 4.69) is 10.3 Å². The van der Waals surface area contributed by atoms with Crippen LogP contribution in [0.5, 0.6) is 0 Å². The van der Waals surface area contributed by atoms with Crippen LogP contribution in [0.2, 0.25) is 0 Å². The van der Waals surface area contributed by atoms with Gasteiger partial charge in [-0.05, 0) is 42.3 Å². The normalized spacial score (nSPS) is 21.9. The number of aromatic nitrogens is 1. The summed E-state index contributed by atoms with van der Waals surface area (Å²) in [6.45, 7) is 3.87. The first-order valence-electron chi connectivity index (χ1n) is 10.8. The van der Waals surface area contributed by atoms with E-state index in [1.807, 2.05) is 13.8 Å². The molecule has 33 heavy (non-hydrogen) atoms. The van der Waals surface area contributed by atoms with Crippen molar-refractivity contribution in [1.82, 2.24) is 19.5 Å². The van der Waals surface area contributed by atoms with Crippen LogP contribution in [0.3, 0.4) is 0 Å². The number of hydrogen-bond donors (Lipinski definition) is 1. The molecular formula is C22H26N4O5S2. The molecule has 3 atom stereocenters. The number of amides is 2. The first-order chi connectivity index (χ1) is 15.7. The van der Waals surface area contributed by atoms with Crippen LogP contribution in [-0.4, -0.2) is 71.4 Å². The van der Waals surface area contributed by atoms with Crippen LogP contribution < -0.4 is 5.32 Å². The standard InChI is InChI=1S/C22H26N4O5S2/c1-14(2)10-17(24-21(28)15-6-9-32-13-15)22(29)25-8-5-18-20(25)19(27)12-26(18)33(30,31)16-4-3-7-23-11-16/h3-4,6-7,9,11,13-14,17-18,20H,5,8,10,12H2,1-2H3,(H,24,28). The highest BCUT2D eigenvalue weighted by Gasteiger charge is 2.54. The van der Waals surface area contributed by atoms with Gasteiger partial charge >= 0.3 is 0 Å². The lowest BCUT2D eigenvalue weighted by Gasteiger charge is -2.29. The van der Waals surface area contributed by atoms with Crippen molar-refractivity contribution in [2.45, 2.75) is 49.7 Å². The van der Waals surface area contributed by atoms with Gasteiger partial charge in [0.25, 0.3) is 5.91 Å². The summed E-state index contributed by atoms with van der Waals surface area (Å²) in [7, 11) is -3.92. The van der Waals surface area contributed by atoms with Gasteiger partial charge in [0, 0.05) is 24.3 Å². The summed E-state index contributed by atoms with van der Waals surface area (Å²) in [5.74, 6) is -0.883. The van der Waals surface area contributed by atoms with Gasteiger partial charge in [-0.2, -0.15) is 15.6 Å². The lowest BCUT2D eigenvalue weighted by atomic mass is 10.0. The molecular weight excluding hydrogens is 464 g/mol. The number of Topliss-reactive ketones (excluding diaryl/α,β-unsaturated/α-hetero) is 1. The van der Waals surface area contributed by atoms with Gasteiger partial charge in [-0.25, -0.2) is 8.42 Å². The third kappa shape index (κ3) is 4.57. The van der Waals surface area contributed by atoms with E-state index >= 15 is 0 Å². The molecule has 0 spiro atoms. The van der Waals surface area contributed by atoms with E-state index in [4.69, 9.17) is 0 Å². The maximum Gasteiger partial charge on any atom is 0.252 e. The average molecular weight is 491 g/mol. The quantitative estimate of drug-likeness (QED) is 0.629. The van der Waals surface area contributed by atoms with E-state index in [1.165, 1.54) is 45.1 Å². The van der Waals surface area contributed by atoms with Crippen molar-refractivity contribution in [3.8, 4) is 0 Å². The Kier molecular flexibility index (Phi) is 6.64. The average Bonchev–Trinajstić information content (AvgIpc) is 3.52. The molecule has 176 valence electrons. The van der Waals surface area contributed by atoms with Gasteiger partial charge in [-0.15, -0.1) is 0 Å². The monoisotopic (exact) mass is 490 g/mol. The summed E-state index contributed by atoms with van der Waals surface area (Å²) in [5, 5.41) is 6.31. The van der Waals surface area contributed by atoms with Crippen LogP contribution in [0.4, 0.5) is 0 Å². The molecule has 4 rings (SSSR count). The smallest absolute Gasteiger partial charge is 0.252 e. The van der Waals surface area contributed by atoms with Crippen molar-refractivity contribution >= 4 is 39.0 Å². The number of rotatable bonds is 7. The van der Waals surface area contributed by atoms with Crippen LogP contribution >= 0.6 is 11.3 Å². The van der Waals surface area contributed by atoms with Gasteiger partial charge in [0.05, 0.1) is 18.2 Å². The molecule has 2 aromatic rings. The van der Waals surface area contributed by atoms with Crippen LogP contribution in [-0.2, 0) is 19.6 Å². The van der Waals surface area contributed by atoms with Crippen molar-refractivity contribution in [1.29, 1.82) is 0 Å². The molecule has 2 amide bonds. The highest BCUT2D eigenvalue weighted by atomic mass is 32.2. The molecule has 4 heterocycles. The number of carbonyl (C=O) groups is 3. The minimum atomic E-state index is -3.92. The third-order valence-corrected chi connectivity index (χ3v) is 8.53. The molecule has 0 radical (unpaired) electrons. The molecule has 2 aliphatic rings. The van der Waals surface area contributed by atoms with Crippen LogP contribution in [0.15, 0.2) is 46.2 Å². The maximum absolute atomic E-state index is 13.5. The number of sulfonamides is 1. The molecule has 0 aliphatic carbocycles. The highest BCUT2D eigenvalue weighted by Crippen LogP contribution is 2.34. The van der Waals surface area contributed by atoms with Gasteiger partial charge < -0.3 is 10.2 Å². The highest BCUT2D eigenvalue weighted by molar-refractivity contribution is 7.89. The van der Waals surface area contributed by atoms with Gasteiger partial charge in [0.1, 0.15) is 17.0 Å². The molecule has 0 bridgehead atoms. The molecule has 0 aromatic carbocycles. The molecule has 2 aliphatic heterocycles. The zero-order valence-electron chi connectivity index (χ0n) is 18.4. The predicted molar refractivity (Wildman–Crippen MR) is 122 cm³/mol.